The Morgan fingerprint density at radius 1 is 1.50 bits per heavy atom. The normalized spacial score (nSPS) is 20.1. The van der Waals surface area contributed by atoms with Gasteiger partial charge in [0.2, 0.25) is 0 Å². The Morgan fingerprint density at radius 2 is 2.25 bits per heavy atom. The van der Waals surface area contributed by atoms with Crippen LogP contribution in [0, 0.1) is 0 Å². The van der Waals surface area contributed by atoms with Gasteiger partial charge >= 0.3 is 0 Å². The first-order valence-electron chi connectivity index (χ1n) is 5.29. The Kier molecular flexibility index (Phi) is 3.77. The van der Waals surface area contributed by atoms with E-state index in [2.05, 4.69) is 6.26 Å². The van der Waals surface area contributed by atoms with Crippen LogP contribution in [-0.2, 0) is 0 Å². The summed E-state index contributed by atoms with van der Waals surface area (Å²) in [6, 6.07) is 7.24. The van der Waals surface area contributed by atoms with E-state index in [9.17, 15) is 4.79 Å². The second kappa shape index (κ2) is 5.11. The molecule has 4 heteroatoms. The predicted molar refractivity (Wildman–Crippen MR) is 69.3 cm³/mol. The van der Waals surface area contributed by atoms with E-state index in [0.29, 0.717) is 15.8 Å². The summed E-state index contributed by atoms with van der Waals surface area (Å²) in [5.74, 6) is 0.0575. The second-order valence-corrected chi connectivity index (χ2v) is 5.42. The van der Waals surface area contributed by atoms with Crippen LogP contribution >= 0.6 is 23.4 Å². The van der Waals surface area contributed by atoms with E-state index in [1.54, 1.807) is 12.1 Å². The number of halogens is 1. The molecule has 1 saturated heterocycles. The van der Waals surface area contributed by atoms with E-state index in [-0.39, 0.29) is 5.91 Å². The summed E-state index contributed by atoms with van der Waals surface area (Å²) in [7, 11) is 0. The number of carbonyl (C=O) groups excluding carboxylic acids is 1. The Labute approximate surface area is 105 Å². The van der Waals surface area contributed by atoms with E-state index < -0.39 is 0 Å². The fraction of sp³-hybridized carbons (Fsp3) is 0.417. The Morgan fingerprint density at radius 3 is 2.88 bits per heavy atom. The number of hydrogen-bond acceptors (Lipinski definition) is 2. The van der Waals surface area contributed by atoms with Gasteiger partial charge in [-0.3, -0.25) is 4.79 Å². The standard InChI is InChI=1S/C12H14ClNOS/c1-16-9-6-7-14(8-9)12(15)10-4-2-3-5-11(10)13/h2-5,9H,6-8H2,1H3/t9-/m1/s1. The van der Waals surface area contributed by atoms with Crippen LogP contribution in [0.5, 0.6) is 0 Å². The topological polar surface area (TPSA) is 20.3 Å². The molecule has 0 unspecified atom stereocenters. The van der Waals surface area contributed by atoms with Crippen LogP contribution in [-0.4, -0.2) is 35.4 Å². The monoisotopic (exact) mass is 255 g/mol. The lowest BCUT2D eigenvalue weighted by Gasteiger charge is -2.16. The van der Waals surface area contributed by atoms with E-state index in [1.165, 1.54) is 0 Å². The van der Waals surface area contributed by atoms with Crippen molar-refractivity contribution in [1.82, 2.24) is 4.90 Å². The van der Waals surface area contributed by atoms with E-state index in [4.69, 9.17) is 11.6 Å². The molecule has 0 N–H and O–H groups in total. The maximum atomic E-state index is 12.2. The summed E-state index contributed by atoms with van der Waals surface area (Å²) in [5, 5.41) is 1.12. The van der Waals surface area contributed by atoms with Crippen molar-refractivity contribution in [2.24, 2.45) is 0 Å². The highest BCUT2D eigenvalue weighted by atomic mass is 35.5. The zero-order chi connectivity index (χ0) is 11.5. The van der Waals surface area contributed by atoms with Gasteiger partial charge in [-0.15, -0.1) is 0 Å². The van der Waals surface area contributed by atoms with Gasteiger partial charge in [0.15, 0.2) is 0 Å². The lowest BCUT2D eigenvalue weighted by atomic mass is 10.2. The summed E-state index contributed by atoms with van der Waals surface area (Å²) in [5.41, 5.74) is 0.617. The number of carbonyl (C=O) groups is 1. The lowest BCUT2D eigenvalue weighted by Crippen LogP contribution is -2.29. The van der Waals surface area contributed by atoms with Gasteiger partial charge in [-0.1, -0.05) is 23.7 Å². The minimum Gasteiger partial charge on any atom is -0.337 e. The Bertz CT molecular complexity index is 396. The molecule has 1 heterocycles. The van der Waals surface area contributed by atoms with Crippen molar-refractivity contribution in [3.8, 4) is 0 Å². The van der Waals surface area contributed by atoms with E-state index in [0.717, 1.165) is 19.5 Å². The zero-order valence-corrected chi connectivity index (χ0v) is 10.7. The summed E-state index contributed by atoms with van der Waals surface area (Å²) < 4.78 is 0. The van der Waals surface area contributed by atoms with Crippen LogP contribution < -0.4 is 0 Å². The molecule has 0 aliphatic carbocycles. The Balaban J connectivity index is 2.12. The highest BCUT2D eigenvalue weighted by Crippen LogP contribution is 2.24. The third-order valence-electron chi connectivity index (χ3n) is 2.87. The molecule has 86 valence electrons. The van der Waals surface area contributed by atoms with Gasteiger partial charge < -0.3 is 4.90 Å². The van der Waals surface area contributed by atoms with Crippen molar-refractivity contribution in [2.45, 2.75) is 11.7 Å². The molecule has 0 aromatic heterocycles. The molecule has 0 saturated carbocycles. The first-order chi connectivity index (χ1) is 7.72. The van der Waals surface area contributed by atoms with Crippen LogP contribution in [0.1, 0.15) is 16.8 Å². The predicted octanol–water partition coefficient (Wildman–Crippen LogP) is 2.92. The highest BCUT2D eigenvalue weighted by molar-refractivity contribution is 7.99. The van der Waals surface area contributed by atoms with E-state index in [1.807, 2.05) is 28.8 Å². The van der Waals surface area contributed by atoms with Gasteiger partial charge in [0.1, 0.15) is 0 Å². The molecule has 1 amide bonds. The number of amides is 1. The first kappa shape index (κ1) is 11.8. The highest BCUT2D eigenvalue weighted by Gasteiger charge is 2.27. The van der Waals surface area contributed by atoms with Crippen LogP contribution in [0.4, 0.5) is 0 Å². The molecule has 0 bridgehead atoms. The number of rotatable bonds is 2. The SMILES string of the molecule is CS[C@@H]1CCN(C(=O)c2ccccc2Cl)C1. The minimum atomic E-state index is 0.0575. The van der Waals surface area contributed by atoms with Gasteiger partial charge in [0.05, 0.1) is 10.6 Å². The van der Waals surface area contributed by atoms with Gasteiger partial charge in [-0.05, 0) is 24.8 Å². The van der Waals surface area contributed by atoms with Crippen molar-refractivity contribution >= 4 is 29.3 Å². The maximum absolute atomic E-state index is 12.2. The summed E-state index contributed by atoms with van der Waals surface area (Å²) in [6.45, 7) is 1.68. The van der Waals surface area contributed by atoms with Crippen LogP contribution in [0.15, 0.2) is 24.3 Å². The van der Waals surface area contributed by atoms with Crippen molar-refractivity contribution in [1.29, 1.82) is 0 Å². The molecule has 1 aliphatic heterocycles. The molecule has 2 nitrogen and oxygen atoms in total. The van der Waals surface area contributed by atoms with Gasteiger partial charge in [-0.25, -0.2) is 0 Å². The van der Waals surface area contributed by atoms with Crippen LogP contribution in [0.2, 0.25) is 5.02 Å². The third-order valence-corrected chi connectivity index (χ3v) is 4.25. The van der Waals surface area contributed by atoms with Gasteiger partial charge in [-0.2, -0.15) is 11.8 Å². The number of thioether (sulfide) groups is 1. The molecule has 1 aliphatic rings. The Hall–Kier alpha value is -0.670. The molecule has 16 heavy (non-hydrogen) atoms. The van der Waals surface area contributed by atoms with Gasteiger partial charge in [0.25, 0.3) is 5.91 Å². The number of likely N-dealkylation sites (tertiary alicyclic amines) is 1. The summed E-state index contributed by atoms with van der Waals surface area (Å²) in [6.07, 6.45) is 3.17. The fourth-order valence-corrected chi connectivity index (χ4v) is 2.80. The molecule has 2 rings (SSSR count). The quantitative estimate of drug-likeness (QED) is 0.810. The van der Waals surface area contributed by atoms with Crippen molar-refractivity contribution in [3.63, 3.8) is 0 Å². The minimum absolute atomic E-state index is 0.0575. The smallest absolute Gasteiger partial charge is 0.255 e. The molecule has 1 aromatic carbocycles. The van der Waals surface area contributed by atoms with Crippen LogP contribution in [0.3, 0.4) is 0 Å². The molecule has 1 atom stereocenters. The lowest BCUT2D eigenvalue weighted by molar-refractivity contribution is 0.0793. The molecule has 0 spiro atoms. The number of hydrogen-bond donors (Lipinski definition) is 0. The molecule has 1 aromatic rings. The summed E-state index contributed by atoms with van der Waals surface area (Å²) in [4.78, 5) is 14.1. The average Bonchev–Trinajstić information content (AvgIpc) is 2.77. The molecule has 1 fully saturated rings. The van der Waals surface area contributed by atoms with Crippen LogP contribution in [0.25, 0.3) is 0 Å². The van der Waals surface area contributed by atoms with Crippen molar-refractivity contribution < 1.29 is 4.79 Å². The van der Waals surface area contributed by atoms with E-state index >= 15 is 0 Å². The van der Waals surface area contributed by atoms with Gasteiger partial charge in [0, 0.05) is 18.3 Å². The average molecular weight is 256 g/mol. The molecular weight excluding hydrogens is 242 g/mol. The third kappa shape index (κ3) is 2.36. The molecular formula is C12H14ClNOS. The second-order valence-electron chi connectivity index (χ2n) is 3.88. The fourth-order valence-electron chi connectivity index (χ4n) is 1.91. The number of benzene rings is 1. The zero-order valence-electron chi connectivity index (χ0n) is 9.15. The number of nitrogens with zero attached hydrogens (tertiary/aromatic N) is 1. The van der Waals surface area contributed by atoms with Crippen molar-refractivity contribution in [2.75, 3.05) is 19.3 Å². The molecule has 0 radical (unpaired) electrons. The maximum Gasteiger partial charge on any atom is 0.255 e. The largest absolute Gasteiger partial charge is 0.337 e. The first-order valence-corrected chi connectivity index (χ1v) is 6.95. The van der Waals surface area contributed by atoms with Crippen molar-refractivity contribution in [3.05, 3.63) is 34.9 Å². The summed E-state index contributed by atoms with van der Waals surface area (Å²) >= 11 is 7.84.